The van der Waals surface area contributed by atoms with E-state index in [-0.39, 0.29) is 13.0 Å². The van der Waals surface area contributed by atoms with Crippen LogP contribution in [0, 0.1) is 0 Å². The number of hydrogen-bond donors (Lipinski definition) is 1. The highest BCUT2D eigenvalue weighted by atomic mass is 19.4. The molecule has 0 saturated carbocycles. The number of rotatable bonds is 5. The number of halogens is 3. The summed E-state index contributed by atoms with van der Waals surface area (Å²) in [7, 11) is 1.37. The van der Waals surface area contributed by atoms with E-state index in [1.54, 1.807) is 30.3 Å². The van der Waals surface area contributed by atoms with Gasteiger partial charge in [0.2, 0.25) is 5.91 Å². The molecule has 0 unspecified atom stereocenters. The van der Waals surface area contributed by atoms with E-state index in [4.69, 9.17) is 4.74 Å². The highest BCUT2D eigenvalue weighted by molar-refractivity contribution is 5.85. The Balaban J connectivity index is 1.97. The SMILES string of the molecule is CO[C@H](C(=O)N[C@@H]1CC(=O)N(CC(F)(F)F)C1)c1ccccc1. The summed E-state index contributed by atoms with van der Waals surface area (Å²) in [6.45, 7) is -1.46. The van der Waals surface area contributed by atoms with E-state index < -0.39 is 36.7 Å². The van der Waals surface area contributed by atoms with E-state index in [0.717, 1.165) is 0 Å². The van der Waals surface area contributed by atoms with Crippen LogP contribution in [0.25, 0.3) is 0 Å². The first kappa shape index (κ1) is 17.3. The Kier molecular flexibility index (Phi) is 5.25. The molecule has 1 N–H and O–H groups in total. The topological polar surface area (TPSA) is 58.6 Å². The van der Waals surface area contributed by atoms with Crippen molar-refractivity contribution in [3.63, 3.8) is 0 Å². The number of benzene rings is 1. The molecule has 1 aromatic rings. The van der Waals surface area contributed by atoms with Crippen LogP contribution >= 0.6 is 0 Å². The highest BCUT2D eigenvalue weighted by Crippen LogP contribution is 2.22. The summed E-state index contributed by atoms with van der Waals surface area (Å²) >= 11 is 0. The number of hydrogen-bond acceptors (Lipinski definition) is 3. The van der Waals surface area contributed by atoms with Gasteiger partial charge in [-0.15, -0.1) is 0 Å². The van der Waals surface area contributed by atoms with Crippen LogP contribution < -0.4 is 5.32 Å². The van der Waals surface area contributed by atoms with E-state index in [1.165, 1.54) is 7.11 Å². The largest absolute Gasteiger partial charge is 0.406 e. The summed E-state index contributed by atoms with van der Waals surface area (Å²) < 4.78 is 42.3. The number of ether oxygens (including phenoxy) is 1. The molecule has 1 fully saturated rings. The molecule has 1 aliphatic rings. The van der Waals surface area contributed by atoms with Crippen molar-refractivity contribution in [3.8, 4) is 0 Å². The summed E-state index contributed by atoms with van der Waals surface area (Å²) in [4.78, 5) is 24.5. The van der Waals surface area contributed by atoms with Gasteiger partial charge in [-0.2, -0.15) is 13.2 Å². The van der Waals surface area contributed by atoms with Gasteiger partial charge in [-0.1, -0.05) is 30.3 Å². The molecule has 1 aromatic carbocycles. The quantitative estimate of drug-likeness (QED) is 0.893. The molecular weight excluding hydrogens is 313 g/mol. The van der Waals surface area contributed by atoms with Gasteiger partial charge in [0.1, 0.15) is 6.54 Å². The summed E-state index contributed by atoms with van der Waals surface area (Å²) in [6, 6.07) is 8.06. The number of amides is 2. The molecule has 0 bridgehead atoms. The zero-order chi connectivity index (χ0) is 17.0. The fourth-order valence-corrected chi connectivity index (χ4v) is 2.54. The lowest BCUT2D eigenvalue weighted by Crippen LogP contribution is -2.41. The van der Waals surface area contributed by atoms with Crippen LogP contribution in [0.15, 0.2) is 30.3 Å². The zero-order valence-corrected chi connectivity index (χ0v) is 12.5. The molecule has 2 rings (SSSR count). The van der Waals surface area contributed by atoms with E-state index in [1.807, 2.05) is 0 Å². The Labute approximate surface area is 131 Å². The molecule has 0 aliphatic carbocycles. The van der Waals surface area contributed by atoms with E-state index in [0.29, 0.717) is 10.5 Å². The van der Waals surface area contributed by atoms with Gasteiger partial charge in [0.25, 0.3) is 5.91 Å². The molecule has 0 spiro atoms. The molecule has 1 aliphatic heterocycles. The minimum Gasteiger partial charge on any atom is -0.367 e. The normalized spacial score (nSPS) is 19.7. The summed E-state index contributed by atoms with van der Waals surface area (Å²) in [5.41, 5.74) is 0.629. The van der Waals surface area contributed by atoms with Crippen LogP contribution in [-0.2, 0) is 14.3 Å². The second-order valence-corrected chi connectivity index (χ2v) is 5.33. The molecular formula is C15H17F3N2O3. The van der Waals surface area contributed by atoms with Crippen molar-refractivity contribution in [3.05, 3.63) is 35.9 Å². The Morgan fingerprint density at radius 2 is 2.04 bits per heavy atom. The van der Waals surface area contributed by atoms with Crippen molar-refractivity contribution in [1.82, 2.24) is 10.2 Å². The predicted molar refractivity (Wildman–Crippen MR) is 75.4 cm³/mol. The van der Waals surface area contributed by atoms with Crippen LogP contribution in [0.5, 0.6) is 0 Å². The van der Waals surface area contributed by atoms with Crippen molar-refractivity contribution in [2.24, 2.45) is 0 Å². The summed E-state index contributed by atoms with van der Waals surface area (Å²) in [5.74, 6) is -1.10. The maximum absolute atomic E-state index is 12.4. The smallest absolute Gasteiger partial charge is 0.367 e. The molecule has 23 heavy (non-hydrogen) atoms. The first-order valence-corrected chi connectivity index (χ1v) is 7.03. The molecule has 8 heteroatoms. The molecule has 0 aromatic heterocycles. The Morgan fingerprint density at radius 1 is 1.39 bits per heavy atom. The molecule has 5 nitrogen and oxygen atoms in total. The van der Waals surface area contributed by atoms with Gasteiger partial charge in [-0.25, -0.2) is 0 Å². The van der Waals surface area contributed by atoms with Gasteiger partial charge in [-0.05, 0) is 5.56 Å². The molecule has 0 radical (unpaired) electrons. The van der Waals surface area contributed by atoms with Gasteiger partial charge >= 0.3 is 6.18 Å². The predicted octanol–water partition coefficient (Wildman–Crippen LogP) is 1.65. The van der Waals surface area contributed by atoms with Crippen LogP contribution in [0.1, 0.15) is 18.1 Å². The second kappa shape index (κ2) is 6.99. The van der Waals surface area contributed by atoms with Crippen molar-refractivity contribution >= 4 is 11.8 Å². The first-order chi connectivity index (χ1) is 10.8. The molecule has 2 atom stereocenters. The Morgan fingerprint density at radius 3 is 2.61 bits per heavy atom. The molecule has 126 valence electrons. The van der Waals surface area contributed by atoms with Gasteiger partial charge in [0.05, 0.1) is 6.04 Å². The number of nitrogens with one attached hydrogen (secondary N) is 1. The van der Waals surface area contributed by atoms with Crippen molar-refractivity contribution in [1.29, 1.82) is 0 Å². The van der Waals surface area contributed by atoms with Gasteiger partial charge in [0, 0.05) is 20.1 Å². The fraction of sp³-hybridized carbons (Fsp3) is 0.467. The van der Waals surface area contributed by atoms with Crippen molar-refractivity contribution < 1.29 is 27.5 Å². The van der Waals surface area contributed by atoms with Gasteiger partial charge in [-0.3, -0.25) is 9.59 Å². The van der Waals surface area contributed by atoms with Gasteiger partial charge in [0.15, 0.2) is 6.10 Å². The number of alkyl halides is 3. The zero-order valence-electron chi connectivity index (χ0n) is 12.5. The molecule has 2 amide bonds. The van der Waals surface area contributed by atoms with E-state index in [9.17, 15) is 22.8 Å². The third kappa shape index (κ3) is 4.69. The number of carbonyl (C=O) groups is 2. The minimum absolute atomic E-state index is 0.146. The Bertz CT molecular complexity index is 563. The number of likely N-dealkylation sites (tertiary alicyclic amines) is 1. The van der Waals surface area contributed by atoms with E-state index in [2.05, 4.69) is 5.32 Å². The van der Waals surface area contributed by atoms with Gasteiger partial charge < -0.3 is 15.0 Å². The van der Waals surface area contributed by atoms with Crippen LogP contribution in [-0.4, -0.2) is 49.1 Å². The lowest BCUT2D eigenvalue weighted by atomic mass is 10.1. The average molecular weight is 330 g/mol. The van der Waals surface area contributed by atoms with E-state index >= 15 is 0 Å². The first-order valence-electron chi connectivity index (χ1n) is 7.03. The number of nitrogens with zero attached hydrogens (tertiary/aromatic N) is 1. The van der Waals surface area contributed by atoms with Crippen LogP contribution in [0.2, 0.25) is 0 Å². The maximum atomic E-state index is 12.4. The molecule has 1 heterocycles. The lowest BCUT2D eigenvalue weighted by molar-refractivity contribution is -0.157. The van der Waals surface area contributed by atoms with Crippen molar-refractivity contribution in [2.45, 2.75) is 24.7 Å². The summed E-state index contributed by atoms with van der Waals surface area (Å²) in [6.07, 6.45) is -5.47. The number of methoxy groups -OCH3 is 1. The fourth-order valence-electron chi connectivity index (χ4n) is 2.54. The third-order valence-electron chi connectivity index (χ3n) is 3.51. The maximum Gasteiger partial charge on any atom is 0.406 e. The average Bonchev–Trinajstić information content (AvgIpc) is 2.78. The standard InChI is InChI=1S/C15H17F3N2O3/c1-23-13(10-5-3-2-4-6-10)14(22)19-11-7-12(21)20(8-11)9-15(16,17)18/h2-6,11,13H,7-9H2,1H3,(H,19,22)/t11-,13+/m1/s1. The lowest BCUT2D eigenvalue weighted by Gasteiger charge is -2.20. The Hall–Kier alpha value is -2.09. The minimum atomic E-state index is -4.45. The molecule has 1 saturated heterocycles. The highest BCUT2D eigenvalue weighted by Gasteiger charge is 2.39. The third-order valence-corrected chi connectivity index (χ3v) is 3.51. The number of carbonyl (C=O) groups excluding carboxylic acids is 2. The van der Waals surface area contributed by atoms with Crippen LogP contribution in [0.4, 0.5) is 13.2 Å². The summed E-state index contributed by atoms with van der Waals surface area (Å²) in [5, 5.41) is 2.58. The monoisotopic (exact) mass is 330 g/mol. The van der Waals surface area contributed by atoms with Crippen LogP contribution in [0.3, 0.4) is 0 Å². The van der Waals surface area contributed by atoms with Crippen molar-refractivity contribution in [2.75, 3.05) is 20.2 Å². The second-order valence-electron chi connectivity index (χ2n) is 5.33.